The van der Waals surface area contributed by atoms with E-state index >= 15 is 0 Å². The normalized spacial score (nSPS) is 10.8. The van der Waals surface area contributed by atoms with Gasteiger partial charge in [0, 0.05) is 31.0 Å². The van der Waals surface area contributed by atoms with Crippen LogP contribution in [0.4, 0.5) is 0 Å². The van der Waals surface area contributed by atoms with E-state index in [-0.39, 0.29) is 19.0 Å². The van der Waals surface area contributed by atoms with Gasteiger partial charge >= 0.3 is 11.6 Å². The number of hydrogen-bond acceptors (Lipinski definition) is 7. The quantitative estimate of drug-likeness (QED) is 0.277. The highest BCUT2D eigenvalue weighted by Gasteiger charge is 2.13. The van der Waals surface area contributed by atoms with Gasteiger partial charge in [0.1, 0.15) is 30.3 Å². The summed E-state index contributed by atoms with van der Waals surface area (Å²) in [7, 11) is 3.17. The van der Waals surface area contributed by atoms with Crippen molar-refractivity contribution in [2.75, 3.05) is 27.4 Å². The molecule has 1 aromatic heterocycles. The van der Waals surface area contributed by atoms with Gasteiger partial charge in [-0.25, -0.2) is 4.79 Å². The number of rotatable bonds is 10. The molecule has 0 saturated carbocycles. The lowest BCUT2D eigenvalue weighted by molar-refractivity contribution is -0.144. The van der Waals surface area contributed by atoms with Crippen LogP contribution in [-0.4, -0.2) is 33.4 Å². The molecule has 2 aromatic carbocycles. The summed E-state index contributed by atoms with van der Waals surface area (Å²) in [6.45, 7) is 2.74. The summed E-state index contributed by atoms with van der Waals surface area (Å²) in [5.74, 6) is 1.01. The first-order valence-corrected chi connectivity index (χ1v) is 9.98. The van der Waals surface area contributed by atoms with Crippen LogP contribution in [0.3, 0.4) is 0 Å². The van der Waals surface area contributed by atoms with Crippen LogP contribution in [0.15, 0.2) is 51.7 Å². The molecule has 0 aliphatic heterocycles. The zero-order chi connectivity index (χ0) is 22.2. The molecule has 0 aliphatic rings. The lowest BCUT2D eigenvalue weighted by Gasteiger charge is -2.14. The van der Waals surface area contributed by atoms with Crippen LogP contribution in [0, 0.1) is 6.92 Å². The van der Waals surface area contributed by atoms with Gasteiger partial charge in [-0.3, -0.25) is 4.79 Å². The van der Waals surface area contributed by atoms with E-state index in [0.717, 1.165) is 27.8 Å². The van der Waals surface area contributed by atoms with Gasteiger partial charge in [0.2, 0.25) is 0 Å². The average molecular weight is 426 g/mol. The van der Waals surface area contributed by atoms with Crippen LogP contribution in [-0.2, 0) is 27.3 Å². The van der Waals surface area contributed by atoms with Crippen LogP contribution < -0.4 is 15.1 Å². The number of ether oxygens (including phenoxy) is 4. The molecule has 0 spiro atoms. The largest absolute Gasteiger partial charge is 0.497 e. The van der Waals surface area contributed by atoms with Crippen molar-refractivity contribution in [1.29, 1.82) is 0 Å². The van der Waals surface area contributed by atoms with Crippen molar-refractivity contribution in [2.45, 2.75) is 26.4 Å². The van der Waals surface area contributed by atoms with Crippen molar-refractivity contribution in [3.05, 3.63) is 69.6 Å². The third-order valence-electron chi connectivity index (χ3n) is 4.83. The van der Waals surface area contributed by atoms with E-state index in [1.54, 1.807) is 20.3 Å². The van der Waals surface area contributed by atoms with E-state index in [2.05, 4.69) is 0 Å². The molecule has 0 amide bonds. The molecule has 3 aromatic rings. The van der Waals surface area contributed by atoms with Crippen LogP contribution in [0.2, 0.25) is 0 Å². The molecule has 0 saturated heterocycles. The van der Waals surface area contributed by atoms with Gasteiger partial charge < -0.3 is 23.4 Å². The Bertz CT molecular complexity index is 1080. The summed E-state index contributed by atoms with van der Waals surface area (Å²) in [5.41, 5.74) is 2.62. The maximum Gasteiger partial charge on any atom is 0.336 e. The fourth-order valence-corrected chi connectivity index (χ4v) is 3.15. The second-order valence-electron chi connectivity index (χ2n) is 7.05. The van der Waals surface area contributed by atoms with Gasteiger partial charge in [0.15, 0.2) is 0 Å². The SMILES string of the molecule is COCCOC(=O)CCc1cc2c(C)cc(=O)oc2cc1OCc1ccc(OC)cc1. The maximum atomic E-state index is 12.0. The first-order valence-electron chi connectivity index (χ1n) is 9.98. The van der Waals surface area contributed by atoms with Gasteiger partial charge in [-0.05, 0) is 48.2 Å². The molecule has 0 bridgehead atoms. The van der Waals surface area contributed by atoms with Crippen LogP contribution >= 0.6 is 0 Å². The van der Waals surface area contributed by atoms with Crippen molar-refractivity contribution in [3.8, 4) is 11.5 Å². The minimum absolute atomic E-state index is 0.198. The molecular weight excluding hydrogens is 400 g/mol. The summed E-state index contributed by atoms with van der Waals surface area (Å²) in [6.07, 6.45) is 0.627. The smallest absolute Gasteiger partial charge is 0.336 e. The molecule has 0 atom stereocenters. The molecule has 164 valence electrons. The Labute approximate surface area is 180 Å². The molecule has 31 heavy (non-hydrogen) atoms. The Hall–Kier alpha value is -3.32. The van der Waals surface area contributed by atoms with E-state index in [4.69, 9.17) is 23.4 Å². The van der Waals surface area contributed by atoms with Gasteiger partial charge in [-0.15, -0.1) is 0 Å². The van der Waals surface area contributed by atoms with Crippen LogP contribution in [0.1, 0.15) is 23.1 Å². The zero-order valence-electron chi connectivity index (χ0n) is 17.9. The number of carbonyl (C=O) groups is 1. The minimum atomic E-state index is -0.416. The number of fused-ring (bicyclic) bond motifs is 1. The van der Waals surface area contributed by atoms with E-state index in [0.29, 0.717) is 31.0 Å². The third-order valence-corrected chi connectivity index (χ3v) is 4.83. The van der Waals surface area contributed by atoms with Crippen molar-refractivity contribution < 1.29 is 28.2 Å². The first kappa shape index (κ1) is 22.4. The highest BCUT2D eigenvalue weighted by atomic mass is 16.6. The maximum absolute atomic E-state index is 12.0. The molecule has 3 rings (SSSR count). The van der Waals surface area contributed by atoms with Crippen molar-refractivity contribution in [2.24, 2.45) is 0 Å². The topological polar surface area (TPSA) is 84.2 Å². The van der Waals surface area contributed by atoms with E-state index in [1.807, 2.05) is 37.3 Å². The monoisotopic (exact) mass is 426 g/mol. The van der Waals surface area contributed by atoms with Crippen molar-refractivity contribution in [1.82, 2.24) is 0 Å². The van der Waals surface area contributed by atoms with Crippen LogP contribution in [0.25, 0.3) is 11.0 Å². The molecule has 7 heteroatoms. The Morgan fingerprint density at radius 3 is 2.52 bits per heavy atom. The Morgan fingerprint density at radius 2 is 1.81 bits per heavy atom. The number of carbonyl (C=O) groups excluding carboxylic acids is 1. The van der Waals surface area contributed by atoms with Gasteiger partial charge in [-0.2, -0.15) is 0 Å². The molecule has 0 aliphatic carbocycles. The molecular formula is C24H26O7. The first-order chi connectivity index (χ1) is 15.0. The standard InChI is InChI=1S/C24H26O7/c1-16-12-24(26)31-22-14-21(30-15-17-4-7-19(28-3)8-5-17)18(13-20(16)22)6-9-23(25)29-11-10-27-2/h4-5,7-8,12-14H,6,9-11,15H2,1-3H3. The number of benzene rings is 2. The lowest BCUT2D eigenvalue weighted by Crippen LogP contribution is -2.11. The second kappa shape index (κ2) is 10.6. The molecule has 0 unspecified atom stereocenters. The van der Waals surface area contributed by atoms with Gasteiger partial charge in [0.25, 0.3) is 0 Å². The number of methoxy groups -OCH3 is 2. The summed E-state index contributed by atoms with van der Waals surface area (Å²) < 4.78 is 26.6. The number of aryl methyl sites for hydroxylation is 2. The average Bonchev–Trinajstić information content (AvgIpc) is 2.76. The van der Waals surface area contributed by atoms with E-state index in [9.17, 15) is 9.59 Å². The Balaban J connectivity index is 1.82. The fraction of sp³-hybridized carbons (Fsp3) is 0.333. The molecule has 0 N–H and O–H groups in total. The van der Waals surface area contributed by atoms with E-state index < -0.39 is 5.63 Å². The van der Waals surface area contributed by atoms with Crippen molar-refractivity contribution >= 4 is 16.9 Å². The minimum Gasteiger partial charge on any atom is -0.497 e. The van der Waals surface area contributed by atoms with Gasteiger partial charge in [0.05, 0.1) is 13.7 Å². The summed E-state index contributed by atoms with van der Waals surface area (Å²) in [6, 6.07) is 12.6. The highest BCUT2D eigenvalue weighted by molar-refractivity contribution is 5.83. The molecule has 0 fully saturated rings. The Morgan fingerprint density at radius 1 is 1.03 bits per heavy atom. The predicted octanol–water partition coefficient (Wildman–Crippen LogP) is 3.81. The lowest BCUT2D eigenvalue weighted by atomic mass is 10.0. The number of esters is 1. The summed E-state index contributed by atoms with van der Waals surface area (Å²) in [5, 5.41) is 0.805. The van der Waals surface area contributed by atoms with Crippen LogP contribution in [0.5, 0.6) is 11.5 Å². The summed E-state index contributed by atoms with van der Waals surface area (Å²) in [4.78, 5) is 23.8. The molecule has 1 heterocycles. The molecule has 7 nitrogen and oxygen atoms in total. The summed E-state index contributed by atoms with van der Waals surface area (Å²) >= 11 is 0. The van der Waals surface area contributed by atoms with Crippen molar-refractivity contribution in [3.63, 3.8) is 0 Å². The predicted molar refractivity (Wildman–Crippen MR) is 116 cm³/mol. The van der Waals surface area contributed by atoms with E-state index in [1.165, 1.54) is 6.07 Å². The zero-order valence-corrected chi connectivity index (χ0v) is 17.9. The van der Waals surface area contributed by atoms with Gasteiger partial charge in [-0.1, -0.05) is 12.1 Å². The number of hydrogen-bond donors (Lipinski definition) is 0. The fourth-order valence-electron chi connectivity index (χ4n) is 3.15. The highest BCUT2D eigenvalue weighted by Crippen LogP contribution is 2.29. The second-order valence-corrected chi connectivity index (χ2v) is 7.05. The molecule has 0 radical (unpaired) electrons. The third kappa shape index (κ3) is 6.08. The Kier molecular flexibility index (Phi) is 7.67.